The Balaban J connectivity index is 1.81. The van der Waals surface area contributed by atoms with Crippen molar-refractivity contribution in [3.63, 3.8) is 0 Å². The highest BCUT2D eigenvalue weighted by Crippen LogP contribution is 2.12. The summed E-state index contributed by atoms with van der Waals surface area (Å²) in [6.07, 6.45) is 0. The van der Waals surface area contributed by atoms with Gasteiger partial charge in [0.2, 0.25) is 5.91 Å². The lowest BCUT2D eigenvalue weighted by Crippen LogP contribution is -2.35. The van der Waals surface area contributed by atoms with Crippen molar-refractivity contribution in [2.24, 2.45) is 0 Å². The van der Waals surface area contributed by atoms with Gasteiger partial charge >= 0.3 is 6.03 Å². The molecule has 2 rings (SSSR count). The van der Waals surface area contributed by atoms with E-state index in [1.165, 1.54) is 6.07 Å². The van der Waals surface area contributed by atoms with Crippen LogP contribution in [-0.4, -0.2) is 18.5 Å². The fraction of sp³-hybridized carbons (Fsp3) is 0.125. The topological polar surface area (TPSA) is 70.2 Å². The highest BCUT2D eigenvalue weighted by Gasteiger charge is 2.08. The van der Waals surface area contributed by atoms with Crippen molar-refractivity contribution in [2.75, 3.05) is 17.2 Å². The molecule has 0 spiro atoms. The second kappa shape index (κ2) is 7.35. The first kappa shape index (κ1) is 16.4. The molecule has 0 heterocycles. The molecule has 0 saturated carbocycles. The molecule has 3 N–H and O–H groups in total. The normalized spacial score (nSPS) is 10.0. The van der Waals surface area contributed by atoms with E-state index in [0.29, 0.717) is 5.69 Å². The van der Waals surface area contributed by atoms with Gasteiger partial charge in [-0.05, 0) is 36.8 Å². The molecule has 3 amide bonds. The number of carbonyl (C=O) groups is 2. The minimum Gasteiger partial charge on any atom is -0.329 e. The summed E-state index contributed by atoms with van der Waals surface area (Å²) in [4.78, 5) is 23.3. The Labute approximate surface area is 131 Å². The monoisotopic (exact) mass is 319 g/mol. The molecule has 2 aromatic carbocycles. The van der Waals surface area contributed by atoms with Crippen LogP contribution in [0.25, 0.3) is 0 Å². The quantitative estimate of drug-likeness (QED) is 0.810. The molecule has 0 saturated heterocycles. The fourth-order valence-corrected chi connectivity index (χ4v) is 1.84. The second-order valence-electron chi connectivity index (χ2n) is 4.85. The Morgan fingerprint density at radius 3 is 2.39 bits per heavy atom. The van der Waals surface area contributed by atoms with Gasteiger partial charge in [0.15, 0.2) is 11.6 Å². The lowest BCUT2D eigenvalue weighted by Gasteiger charge is -2.09. The van der Waals surface area contributed by atoms with Crippen molar-refractivity contribution < 1.29 is 18.4 Å². The SMILES string of the molecule is Cc1cccc(NC(=O)CNC(=O)Nc2ccc(F)c(F)c2)c1. The van der Waals surface area contributed by atoms with E-state index in [-0.39, 0.29) is 12.2 Å². The van der Waals surface area contributed by atoms with Gasteiger partial charge in [0, 0.05) is 17.4 Å². The van der Waals surface area contributed by atoms with E-state index in [9.17, 15) is 18.4 Å². The van der Waals surface area contributed by atoms with Crippen LogP contribution in [0, 0.1) is 18.6 Å². The van der Waals surface area contributed by atoms with Gasteiger partial charge in [0.1, 0.15) is 0 Å². The van der Waals surface area contributed by atoms with E-state index in [1.54, 1.807) is 18.2 Å². The summed E-state index contributed by atoms with van der Waals surface area (Å²) in [7, 11) is 0. The molecule has 0 unspecified atom stereocenters. The summed E-state index contributed by atoms with van der Waals surface area (Å²) in [5.41, 5.74) is 1.70. The maximum atomic E-state index is 13.0. The highest BCUT2D eigenvalue weighted by atomic mass is 19.2. The predicted octanol–water partition coefficient (Wildman–Crippen LogP) is 3.03. The number of aryl methyl sites for hydroxylation is 1. The van der Waals surface area contributed by atoms with Crippen molar-refractivity contribution in [1.82, 2.24) is 5.32 Å². The lowest BCUT2D eigenvalue weighted by atomic mass is 10.2. The van der Waals surface area contributed by atoms with Gasteiger partial charge < -0.3 is 16.0 Å². The third-order valence-corrected chi connectivity index (χ3v) is 2.89. The number of halogens is 2. The Bertz CT molecular complexity index is 735. The summed E-state index contributed by atoms with van der Waals surface area (Å²) in [5, 5.41) is 7.25. The number of urea groups is 1. The molecule has 0 aliphatic rings. The van der Waals surface area contributed by atoms with E-state index in [2.05, 4.69) is 16.0 Å². The summed E-state index contributed by atoms with van der Waals surface area (Å²) >= 11 is 0. The fourth-order valence-electron chi connectivity index (χ4n) is 1.84. The van der Waals surface area contributed by atoms with Crippen LogP contribution in [0.4, 0.5) is 25.0 Å². The molecule has 0 atom stereocenters. The molecule has 0 aromatic heterocycles. The van der Waals surface area contributed by atoms with Crippen LogP contribution >= 0.6 is 0 Å². The van der Waals surface area contributed by atoms with Crippen molar-refractivity contribution in [3.8, 4) is 0 Å². The van der Waals surface area contributed by atoms with Gasteiger partial charge in [-0.25, -0.2) is 13.6 Å². The smallest absolute Gasteiger partial charge is 0.319 e. The van der Waals surface area contributed by atoms with E-state index in [4.69, 9.17) is 0 Å². The first-order chi connectivity index (χ1) is 10.9. The molecule has 2 aromatic rings. The molecular formula is C16H15F2N3O2. The Kier molecular flexibility index (Phi) is 5.24. The molecule has 120 valence electrons. The van der Waals surface area contributed by atoms with E-state index in [0.717, 1.165) is 17.7 Å². The summed E-state index contributed by atoms with van der Waals surface area (Å²) in [5.74, 6) is -2.48. The van der Waals surface area contributed by atoms with Gasteiger partial charge in [0.05, 0.1) is 6.54 Å². The van der Waals surface area contributed by atoms with Crippen LogP contribution in [0.3, 0.4) is 0 Å². The van der Waals surface area contributed by atoms with Crippen LogP contribution in [0.2, 0.25) is 0 Å². The molecule has 23 heavy (non-hydrogen) atoms. The Hall–Kier alpha value is -2.96. The lowest BCUT2D eigenvalue weighted by molar-refractivity contribution is -0.115. The molecule has 7 heteroatoms. The number of amides is 3. The first-order valence-electron chi connectivity index (χ1n) is 6.80. The van der Waals surface area contributed by atoms with Crippen molar-refractivity contribution in [1.29, 1.82) is 0 Å². The number of hydrogen-bond acceptors (Lipinski definition) is 2. The minimum absolute atomic E-state index is 0.0838. The van der Waals surface area contributed by atoms with Crippen LogP contribution < -0.4 is 16.0 Å². The Morgan fingerprint density at radius 1 is 0.957 bits per heavy atom. The van der Waals surface area contributed by atoms with Crippen LogP contribution in [0.5, 0.6) is 0 Å². The molecule has 0 aliphatic heterocycles. The summed E-state index contributed by atoms with van der Waals surface area (Å²) < 4.78 is 25.8. The zero-order valence-corrected chi connectivity index (χ0v) is 12.3. The van der Waals surface area contributed by atoms with Gasteiger partial charge in [-0.2, -0.15) is 0 Å². The van der Waals surface area contributed by atoms with E-state index < -0.39 is 23.6 Å². The van der Waals surface area contributed by atoms with Gasteiger partial charge in [0.25, 0.3) is 0 Å². The van der Waals surface area contributed by atoms with Crippen LogP contribution in [0.15, 0.2) is 42.5 Å². The molecule has 5 nitrogen and oxygen atoms in total. The predicted molar refractivity (Wildman–Crippen MR) is 83.2 cm³/mol. The number of rotatable bonds is 4. The zero-order valence-electron chi connectivity index (χ0n) is 12.3. The van der Waals surface area contributed by atoms with Crippen LogP contribution in [-0.2, 0) is 4.79 Å². The molecule has 0 bridgehead atoms. The van der Waals surface area contributed by atoms with Crippen molar-refractivity contribution >= 4 is 23.3 Å². The highest BCUT2D eigenvalue weighted by molar-refractivity contribution is 5.96. The molecule has 0 fully saturated rings. The maximum Gasteiger partial charge on any atom is 0.319 e. The molecule has 0 aliphatic carbocycles. The average Bonchev–Trinajstić information content (AvgIpc) is 2.49. The van der Waals surface area contributed by atoms with Gasteiger partial charge in [-0.15, -0.1) is 0 Å². The number of carbonyl (C=O) groups excluding carboxylic acids is 2. The largest absolute Gasteiger partial charge is 0.329 e. The van der Waals surface area contributed by atoms with Crippen molar-refractivity contribution in [2.45, 2.75) is 6.92 Å². The molecule has 0 radical (unpaired) electrons. The number of hydrogen-bond donors (Lipinski definition) is 3. The summed E-state index contributed by atoms with van der Waals surface area (Å²) in [6.45, 7) is 1.63. The number of anilines is 2. The standard InChI is InChI=1S/C16H15F2N3O2/c1-10-3-2-4-11(7-10)20-15(22)9-19-16(23)21-12-5-6-13(17)14(18)8-12/h2-8H,9H2,1H3,(H,20,22)(H2,19,21,23). The number of benzene rings is 2. The Morgan fingerprint density at radius 2 is 1.70 bits per heavy atom. The van der Waals surface area contributed by atoms with E-state index >= 15 is 0 Å². The first-order valence-corrected chi connectivity index (χ1v) is 6.80. The maximum absolute atomic E-state index is 13.0. The van der Waals surface area contributed by atoms with Crippen molar-refractivity contribution in [3.05, 3.63) is 59.7 Å². The third-order valence-electron chi connectivity index (χ3n) is 2.89. The summed E-state index contributed by atoms with van der Waals surface area (Å²) in [6, 6.07) is 9.47. The molecular weight excluding hydrogens is 304 g/mol. The zero-order chi connectivity index (χ0) is 16.8. The third kappa shape index (κ3) is 5.06. The van der Waals surface area contributed by atoms with E-state index in [1.807, 2.05) is 13.0 Å². The second-order valence-corrected chi connectivity index (χ2v) is 4.85. The van der Waals surface area contributed by atoms with Gasteiger partial charge in [-0.3, -0.25) is 4.79 Å². The van der Waals surface area contributed by atoms with Gasteiger partial charge in [-0.1, -0.05) is 12.1 Å². The van der Waals surface area contributed by atoms with Crippen LogP contribution in [0.1, 0.15) is 5.56 Å². The number of nitrogens with one attached hydrogen (secondary N) is 3. The average molecular weight is 319 g/mol. The minimum atomic E-state index is -1.07.